The number of fused-ring (bicyclic) bond motifs is 1. The Labute approximate surface area is 149 Å². The smallest absolute Gasteiger partial charge is 0.255 e. The molecule has 25 heavy (non-hydrogen) atoms. The van der Waals surface area contributed by atoms with Gasteiger partial charge in [0.15, 0.2) is 0 Å². The van der Waals surface area contributed by atoms with E-state index >= 15 is 0 Å². The number of thiazole rings is 1. The molecule has 3 aromatic rings. The molecule has 0 bridgehead atoms. The van der Waals surface area contributed by atoms with E-state index < -0.39 is 0 Å². The topological polar surface area (TPSA) is 60.2 Å². The number of hydrogen-bond donors (Lipinski definition) is 0. The van der Waals surface area contributed by atoms with E-state index in [1.165, 1.54) is 11.3 Å². The number of carbonyl (C=O) groups excluding carboxylic acids is 1. The summed E-state index contributed by atoms with van der Waals surface area (Å²) in [7, 11) is 0. The predicted octanol–water partition coefficient (Wildman–Crippen LogP) is 3.13. The van der Waals surface area contributed by atoms with Crippen LogP contribution in [0.25, 0.3) is 10.2 Å². The predicted molar refractivity (Wildman–Crippen MR) is 98.9 cm³/mol. The molecule has 6 heteroatoms. The zero-order valence-corrected chi connectivity index (χ0v) is 14.4. The van der Waals surface area contributed by atoms with Crippen molar-refractivity contribution in [3.05, 3.63) is 59.1 Å². The van der Waals surface area contributed by atoms with Gasteiger partial charge < -0.3 is 9.80 Å². The third-order valence-corrected chi connectivity index (χ3v) is 5.37. The third-order valence-electron chi connectivity index (χ3n) is 4.49. The number of aromatic nitrogens is 1. The number of nitrogens with zero attached hydrogens (tertiary/aromatic N) is 4. The third kappa shape index (κ3) is 2.94. The Morgan fingerprint density at radius 3 is 2.72 bits per heavy atom. The summed E-state index contributed by atoms with van der Waals surface area (Å²) < 4.78 is 0.955. The lowest BCUT2D eigenvalue weighted by Gasteiger charge is -2.36. The zero-order chi connectivity index (χ0) is 17.2. The Bertz CT molecular complexity index is 967. The maximum atomic E-state index is 12.9. The number of benzene rings is 2. The van der Waals surface area contributed by atoms with E-state index in [0.717, 1.165) is 34.6 Å². The van der Waals surface area contributed by atoms with Gasteiger partial charge >= 0.3 is 0 Å². The van der Waals surface area contributed by atoms with Crippen LogP contribution >= 0.6 is 11.3 Å². The molecule has 5 nitrogen and oxygen atoms in total. The van der Waals surface area contributed by atoms with Crippen LogP contribution in [-0.4, -0.2) is 42.0 Å². The minimum Gasteiger partial charge on any atom is -0.368 e. The lowest BCUT2D eigenvalue weighted by molar-refractivity contribution is 0.0749. The molecule has 124 valence electrons. The molecule has 0 spiro atoms. The van der Waals surface area contributed by atoms with Crippen molar-refractivity contribution in [2.75, 3.05) is 31.1 Å². The number of carbonyl (C=O) groups is 1. The molecule has 0 radical (unpaired) electrons. The fourth-order valence-corrected chi connectivity index (χ4v) is 3.96. The van der Waals surface area contributed by atoms with Crippen molar-refractivity contribution in [2.45, 2.75) is 0 Å². The van der Waals surface area contributed by atoms with Crippen molar-refractivity contribution in [1.82, 2.24) is 9.88 Å². The van der Waals surface area contributed by atoms with Gasteiger partial charge in [0, 0.05) is 31.9 Å². The fraction of sp³-hybridized carbons (Fsp3) is 0.211. The second-order valence-corrected chi connectivity index (χ2v) is 6.80. The minimum atomic E-state index is 0.0697. The number of amides is 1. The van der Waals surface area contributed by atoms with Crippen LogP contribution in [0.2, 0.25) is 0 Å². The molecule has 0 unspecified atom stereocenters. The van der Waals surface area contributed by atoms with Gasteiger partial charge in [-0.25, -0.2) is 4.98 Å². The first-order valence-corrected chi connectivity index (χ1v) is 9.01. The molecule has 1 aliphatic heterocycles. The Kier molecular flexibility index (Phi) is 4.08. The highest BCUT2D eigenvalue weighted by atomic mass is 32.1. The second-order valence-electron chi connectivity index (χ2n) is 5.95. The molecule has 0 atom stereocenters. The number of rotatable bonds is 2. The standard InChI is InChI=1S/C19H16N4OS/c20-12-14-3-1-4-15(11-14)22-7-9-23(10-8-22)19(24)16-5-2-6-17-18(16)25-13-21-17/h1-6,11,13H,7-10H2. The monoisotopic (exact) mass is 348 g/mol. The summed E-state index contributed by atoms with van der Waals surface area (Å²) in [4.78, 5) is 21.3. The summed E-state index contributed by atoms with van der Waals surface area (Å²) in [5.74, 6) is 0.0697. The first-order chi connectivity index (χ1) is 12.3. The van der Waals surface area contributed by atoms with Gasteiger partial charge in [0.1, 0.15) is 0 Å². The highest BCUT2D eigenvalue weighted by Gasteiger charge is 2.24. The second kappa shape index (κ2) is 6.54. The largest absolute Gasteiger partial charge is 0.368 e. The first kappa shape index (κ1) is 15.6. The summed E-state index contributed by atoms with van der Waals surface area (Å²) >= 11 is 1.51. The highest BCUT2D eigenvalue weighted by Crippen LogP contribution is 2.24. The number of piperazine rings is 1. The molecule has 2 heterocycles. The van der Waals surface area contributed by atoms with Crippen LogP contribution in [0, 0.1) is 11.3 Å². The molecule has 0 aliphatic carbocycles. The average Bonchev–Trinajstić information content (AvgIpc) is 3.16. The SMILES string of the molecule is N#Cc1cccc(N2CCN(C(=O)c3cccc4ncsc34)CC2)c1. The van der Waals surface area contributed by atoms with Crippen molar-refractivity contribution in [1.29, 1.82) is 5.26 Å². The van der Waals surface area contributed by atoms with Crippen molar-refractivity contribution in [3.8, 4) is 6.07 Å². The van der Waals surface area contributed by atoms with Crippen LogP contribution in [0.5, 0.6) is 0 Å². The van der Waals surface area contributed by atoms with Gasteiger partial charge in [-0.05, 0) is 30.3 Å². The van der Waals surface area contributed by atoms with Gasteiger partial charge in [0.2, 0.25) is 0 Å². The van der Waals surface area contributed by atoms with Crippen LogP contribution in [0.1, 0.15) is 15.9 Å². The molecule has 1 aromatic heterocycles. The van der Waals surface area contributed by atoms with Gasteiger partial charge in [0.25, 0.3) is 5.91 Å². The Morgan fingerprint density at radius 2 is 1.92 bits per heavy atom. The summed E-state index contributed by atoms with van der Waals surface area (Å²) in [6.45, 7) is 2.87. The van der Waals surface area contributed by atoms with Gasteiger partial charge in [-0.3, -0.25) is 4.79 Å². The van der Waals surface area contributed by atoms with Gasteiger partial charge in [-0.1, -0.05) is 12.1 Å². The van der Waals surface area contributed by atoms with E-state index in [1.807, 2.05) is 41.3 Å². The van der Waals surface area contributed by atoms with Crippen LogP contribution in [0.4, 0.5) is 5.69 Å². The quantitative estimate of drug-likeness (QED) is 0.714. The molecule has 0 N–H and O–H groups in total. The van der Waals surface area contributed by atoms with Crippen molar-refractivity contribution >= 4 is 33.1 Å². The van der Waals surface area contributed by atoms with Crippen LogP contribution in [0.3, 0.4) is 0 Å². The van der Waals surface area contributed by atoms with Gasteiger partial charge in [-0.15, -0.1) is 11.3 Å². The van der Waals surface area contributed by atoms with Gasteiger partial charge in [0.05, 0.1) is 32.9 Å². The van der Waals surface area contributed by atoms with Crippen LogP contribution in [0.15, 0.2) is 48.0 Å². The summed E-state index contributed by atoms with van der Waals surface area (Å²) in [6, 6.07) is 15.5. The van der Waals surface area contributed by atoms with Gasteiger partial charge in [-0.2, -0.15) is 5.26 Å². The lowest BCUT2D eigenvalue weighted by Crippen LogP contribution is -2.48. The van der Waals surface area contributed by atoms with E-state index in [1.54, 1.807) is 11.6 Å². The molecular weight excluding hydrogens is 332 g/mol. The molecule has 1 aliphatic rings. The number of hydrogen-bond acceptors (Lipinski definition) is 5. The van der Waals surface area contributed by atoms with E-state index in [9.17, 15) is 4.79 Å². The Balaban J connectivity index is 1.49. The number of nitriles is 1. The lowest BCUT2D eigenvalue weighted by atomic mass is 10.1. The highest BCUT2D eigenvalue weighted by molar-refractivity contribution is 7.17. The summed E-state index contributed by atoms with van der Waals surface area (Å²) in [5.41, 5.74) is 5.09. The molecule has 1 amide bonds. The van der Waals surface area contributed by atoms with Crippen LogP contribution in [-0.2, 0) is 0 Å². The van der Waals surface area contributed by atoms with E-state index in [2.05, 4.69) is 16.0 Å². The molecule has 2 aromatic carbocycles. The molecule has 1 saturated heterocycles. The number of anilines is 1. The fourth-order valence-electron chi connectivity index (χ4n) is 3.16. The average molecular weight is 348 g/mol. The van der Waals surface area contributed by atoms with Crippen molar-refractivity contribution in [2.24, 2.45) is 0 Å². The maximum Gasteiger partial charge on any atom is 0.255 e. The first-order valence-electron chi connectivity index (χ1n) is 8.13. The summed E-state index contributed by atoms with van der Waals surface area (Å²) in [6.07, 6.45) is 0. The molecule has 4 rings (SSSR count). The maximum absolute atomic E-state index is 12.9. The minimum absolute atomic E-state index is 0.0697. The zero-order valence-electron chi connectivity index (χ0n) is 13.6. The normalized spacial score (nSPS) is 14.5. The molecular formula is C19H16N4OS. The van der Waals surface area contributed by atoms with Crippen molar-refractivity contribution < 1.29 is 4.79 Å². The summed E-state index contributed by atoms with van der Waals surface area (Å²) in [5, 5.41) is 9.04. The Hall–Kier alpha value is -2.91. The van der Waals surface area contributed by atoms with Crippen molar-refractivity contribution in [3.63, 3.8) is 0 Å². The Morgan fingerprint density at radius 1 is 1.12 bits per heavy atom. The van der Waals surface area contributed by atoms with E-state index in [0.29, 0.717) is 18.7 Å². The van der Waals surface area contributed by atoms with E-state index in [-0.39, 0.29) is 5.91 Å². The van der Waals surface area contributed by atoms with E-state index in [4.69, 9.17) is 5.26 Å². The molecule has 1 fully saturated rings. The molecule has 0 saturated carbocycles. The van der Waals surface area contributed by atoms with Crippen LogP contribution < -0.4 is 4.90 Å².